The molecule has 0 amide bonds. The zero-order chi connectivity index (χ0) is 14.1. The number of hydrogen-bond acceptors (Lipinski definition) is 3. The van der Waals surface area contributed by atoms with Crippen LogP contribution in [0.3, 0.4) is 0 Å². The highest BCUT2D eigenvalue weighted by atomic mass is 79.9. The van der Waals surface area contributed by atoms with Crippen LogP contribution in [0.2, 0.25) is 0 Å². The maximum absolute atomic E-state index is 10.6. The molecule has 0 saturated carbocycles. The first-order chi connectivity index (χ1) is 9.65. The van der Waals surface area contributed by atoms with Crippen molar-refractivity contribution in [2.24, 2.45) is 0 Å². The molecule has 0 radical (unpaired) electrons. The minimum atomic E-state index is -0.633. The van der Waals surface area contributed by atoms with E-state index in [-0.39, 0.29) is 6.04 Å². The van der Waals surface area contributed by atoms with Crippen molar-refractivity contribution in [2.75, 3.05) is 5.32 Å². The van der Waals surface area contributed by atoms with Gasteiger partial charge in [0.25, 0.3) is 0 Å². The summed E-state index contributed by atoms with van der Waals surface area (Å²) < 4.78 is 1.71. The number of para-hydroxylation sites is 1. The molecule has 2 heterocycles. The highest BCUT2D eigenvalue weighted by Gasteiger charge is 2.27. The lowest BCUT2D eigenvalue weighted by Crippen LogP contribution is -2.32. The van der Waals surface area contributed by atoms with Gasteiger partial charge in [-0.1, -0.05) is 18.2 Å². The number of benzene rings is 1. The van der Waals surface area contributed by atoms with E-state index in [1.807, 2.05) is 18.2 Å². The van der Waals surface area contributed by atoms with E-state index in [9.17, 15) is 5.11 Å². The summed E-state index contributed by atoms with van der Waals surface area (Å²) in [6.45, 7) is 0. The molecule has 104 valence electrons. The molecule has 0 aliphatic carbocycles. The van der Waals surface area contributed by atoms with Gasteiger partial charge in [-0.15, -0.1) is 0 Å². The second-order valence-electron chi connectivity index (χ2n) is 4.91. The zero-order valence-corrected chi connectivity index (χ0v) is 13.9. The summed E-state index contributed by atoms with van der Waals surface area (Å²) in [6, 6.07) is 10.1. The van der Waals surface area contributed by atoms with Gasteiger partial charge in [0.1, 0.15) is 6.10 Å². The van der Waals surface area contributed by atoms with Crippen molar-refractivity contribution in [3.05, 3.63) is 56.7 Å². The fourth-order valence-electron chi connectivity index (χ4n) is 2.53. The van der Waals surface area contributed by atoms with Crippen LogP contribution in [-0.4, -0.2) is 16.1 Å². The number of aromatic nitrogens is 1. The summed E-state index contributed by atoms with van der Waals surface area (Å²) in [6.07, 6.45) is 2.94. The summed E-state index contributed by atoms with van der Waals surface area (Å²) in [5, 5.41) is 14.0. The molecule has 3 nitrogen and oxygen atoms in total. The summed E-state index contributed by atoms with van der Waals surface area (Å²) in [7, 11) is 0. The lowest BCUT2D eigenvalue weighted by Gasteiger charge is -2.30. The molecule has 0 spiro atoms. The van der Waals surface area contributed by atoms with E-state index in [1.165, 1.54) is 5.56 Å². The first-order valence-corrected chi connectivity index (χ1v) is 8.07. The summed E-state index contributed by atoms with van der Waals surface area (Å²) in [5.74, 6) is 0. The van der Waals surface area contributed by atoms with Gasteiger partial charge in [0, 0.05) is 20.8 Å². The van der Waals surface area contributed by atoms with Crippen LogP contribution in [0, 0.1) is 0 Å². The topological polar surface area (TPSA) is 45.2 Å². The van der Waals surface area contributed by atoms with Crippen LogP contribution >= 0.6 is 31.9 Å². The molecule has 1 aliphatic heterocycles. The molecule has 1 aromatic heterocycles. The van der Waals surface area contributed by atoms with Crippen molar-refractivity contribution in [3.63, 3.8) is 0 Å². The van der Waals surface area contributed by atoms with Gasteiger partial charge < -0.3 is 10.4 Å². The van der Waals surface area contributed by atoms with Gasteiger partial charge in [-0.05, 0) is 62.4 Å². The van der Waals surface area contributed by atoms with Crippen molar-refractivity contribution >= 4 is 37.5 Å². The highest BCUT2D eigenvalue weighted by molar-refractivity contribution is 9.11. The van der Waals surface area contributed by atoms with E-state index < -0.39 is 6.10 Å². The van der Waals surface area contributed by atoms with Crippen molar-refractivity contribution in [3.8, 4) is 0 Å². The van der Waals surface area contributed by atoms with Crippen LogP contribution in [0.4, 0.5) is 5.69 Å². The molecule has 0 saturated heterocycles. The number of aryl methyl sites for hydroxylation is 1. The largest absolute Gasteiger partial charge is 0.385 e. The number of rotatable bonds is 2. The quantitative estimate of drug-likeness (QED) is 0.802. The minimum absolute atomic E-state index is 0.0186. The Balaban J connectivity index is 1.84. The van der Waals surface area contributed by atoms with Crippen molar-refractivity contribution in [1.29, 1.82) is 0 Å². The number of fused-ring (bicyclic) bond motifs is 1. The summed E-state index contributed by atoms with van der Waals surface area (Å²) in [5.41, 5.74) is 3.08. The summed E-state index contributed by atoms with van der Waals surface area (Å²) >= 11 is 6.84. The summed E-state index contributed by atoms with van der Waals surface area (Å²) in [4.78, 5) is 4.33. The van der Waals surface area contributed by atoms with Crippen LogP contribution in [0.1, 0.15) is 23.8 Å². The Labute approximate surface area is 134 Å². The van der Waals surface area contributed by atoms with E-state index in [0.717, 1.165) is 27.5 Å². The van der Waals surface area contributed by atoms with Gasteiger partial charge in [0.15, 0.2) is 0 Å². The van der Waals surface area contributed by atoms with Crippen LogP contribution in [0.25, 0.3) is 0 Å². The van der Waals surface area contributed by atoms with E-state index in [1.54, 1.807) is 6.20 Å². The molecule has 5 heteroatoms. The maximum Gasteiger partial charge on any atom is 0.117 e. The third kappa shape index (κ3) is 2.75. The number of aliphatic hydroxyl groups excluding tert-OH is 1. The zero-order valence-electron chi connectivity index (χ0n) is 10.7. The smallest absolute Gasteiger partial charge is 0.117 e. The molecular weight excluding hydrogens is 384 g/mol. The van der Waals surface area contributed by atoms with Crippen molar-refractivity contribution in [1.82, 2.24) is 4.98 Å². The molecule has 2 unspecified atom stereocenters. The van der Waals surface area contributed by atoms with Crippen LogP contribution in [0.5, 0.6) is 0 Å². The average Bonchev–Trinajstić information content (AvgIpc) is 2.46. The third-order valence-corrected chi connectivity index (χ3v) is 4.65. The molecule has 3 rings (SSSR count). The molecule has 2 N–H and O–H groups in total. The Bertz CT molecular complexity index is 633. The van der Waals surface area contributed by atoms with E-state index in [0.29, 0.717) is 5.69 Å². The first-order valence-electron chi connectivity index (χ1n) is 6.48. The number of pyridine rings is 1. The van der Waals surface area contributed by atoms with Gasteiger partial charge >= 0.3 is 0 Å². The van der Waals surface area contributed by atoms with E-state index >= 15 is 0 Å². The number of nitrogens with one attached hydrogen (secondary N) is 1. The fraction of sp³-hybridized carbons (Fsp3) is 0.267. The predicted octanol–water partition coefficient (Wildman–Crippen LogP) is 4.07. The van der Waals surface area contributed by atoms with Gasteiger partial charge in [-0.3, -0.25) is 4.98 Å². The molecule has 1 aliphatic rings. The number of nitrogens with zero attached hydrogens (tertiary/aromatic N) is 1. The van der Waals surface area contributed by atoms with E-state index in [2.05, 4.69) is 54.3 Å². The number of aliphatic hydroxyl groups is 1. The first kappa shape index (κ1) is 14.0. The molecule has 2 aromatic rings. The standard InChI is InChI=1S/C15H14Br2N2O/c16-10-7-11(17)14(18-8-10)15(20)13-6-5-9-3-1-2-4-12(9)19-13/h1-4,7-8,13,15,19-20H,5-6H2. The van der Waals surface area contributed by atoms with Crippen molar-refractivity contribution in [2.45, 2.75) is 25.0 Å². The van der Waals surface area contributed by atoms with Gasteiger partial charge in [0.05, 0.1) is 11.7 Å². The minimum Gasteiger partial charge on any atom is -0.385 e. The number of anilines is 1. The second kappa shape index (κ2) is 5.84. The van der Waals surface area contributed by atoms with Crippen LogP contribution in [0.15, 0.2) is 45.5 Å². The van der Waals surface area contributed by atoms with Gasteiger partial charge in [-0.2, -0.15) is 0 Å². The number of halogens is 2. The van der Waals surface area contributed by atoms with Gasteiger partial charge in [0.2, 0.25) is 0 Å². The number of hydrogen-bond donors (Lipinski definition) is 2. The Morgan fingerprint density at radius 3 is 2.90 bits per heavy atom. The Hall–Kier alpha value is -0.910. The Morgan fingerprint density at radius 2 is 2.10 bits per heavy atom. The molecule has 20 heavy (non-hydrogen) atoms. The third-order valence-electron chi connectivity index (χ3n) is 3.58. The molecular formula is C15H14Br2N2O. The lowest BCUT2D eigenvalue weighted by molar-refractivity contribution is 0.143. The predicted molar refractivity (Wildman–Crippen MR) is 86.8 cm³/mol. The monoisotopic (exact) mass is 396 g/mol. The molecule has 2 atom stereocenters. The molecule has 0 bridgehead atoms. The lowest BCUT2D eigenvalue weighted by atomic mass is 9.93. The SMILES string of the molecule is OC(c1ncc(Br)cc1Br)C1CCc2ccccc2N1. The van der Waals surface area contributed by atoms with E-state index in [4.69, 9.17) is 0 Å². The maximum atomic E-state index is 10.6. The molecule has 0 fully saturated rings. The average molecular weight is 398 g/mol. The Morgan fingerprint density at radius 1 is 1.30 bits per heavy atom. The Kier molecular flexibility index (Phi) is 4.10. The second-order valence-corrected chi connectivity index (χ2v) is 6.68. The fourth-order valence-corrected chi connectivity index (χ4v) is 3.75. The van der Waals surface area contributed by atoms with Crippen LogP contribution in [-0.2, 0) is 6.42 Å². The van der Waals surface area contributed by atoms with Gasteiger partial charge in [-0.25, -0.2) is 0 Å². The highest BCUT2D eigenvalue weighted by Crippen LogP contribution is 2.33. The normalized spacial score (nSPS) is 19.1. The molecule has 1 aromatic carbocycles. The van der Waals surface area contributed by atoms with Crippen molar-refractivity contribution < 1.29 is 5.11 Å². The van der Waals surface area contributed by atoms with Crippen LogP contribution < -0.4 is 5.32 Å².